The molecule has 2 heteroatoms. The zero-order chi connectivity index (χ0) is 13.7. The molecule has 0 bridgehead atoms. The Balaban J connectivity index is 2.19. The third-order valence-corrected chi connectivity index (χ3v) is 3.26. The van der Waals surface area contributed by atoms with Gasteiger partial charge in [0, 0.05) is 0 Å². The number of hydrogen-bond acceptors (Lipinski definition) is 2. The molecule has 0 spiro atoms. The fourth-order valence-electron chi connectivity index (χ4n) is 2.09. The highest BCUT2D eigenvalue weighted by Crippen LogP contribution is 2.31. The minimum Gasteiger partial charge on any atom is -0.289 e. The number of terminal acetylenes is 1. The standard InChI is InChI=1S/C17H13NO/c1-2-17(10-8-14-6-4-3-5-7-14)11-9-16(19)15(12-17)13-18/h1,3-7,9,11-12H,8,10H2. The molecule has 1 aromatic carbocycles. The molecule has 1 atom stereocenters. The molecule has 0 fully saturated rings. The Morgan fingerprint density at radius 3 is 2.63 bits per heavy atom. The molecule has 1 aliphatic carbocycles. The van der Waals surface area contributed by atoms with Crippen LogP contribution in [0.25, 0.3) is 0 Å². The van der Waals surface area contributed by atoms with Crippen molar-refractivity contribution in [1.82, 2.24) is 0 Å². The molecule has 0 saturated carbocycles. The summed E-state index contributed by atoms with van der Waals surface area (Å²) >= 11 is 0. The average Bonchev–Trinajstić information content (AvgIpc) is 2.48. The summed E-state index contributed by atoms with van der Waals surface area (Å²) in [4.78, 5) is 11.5. The Hall–Kier alpha value is -2.58. The highest BCUT2D eigenvalue weighted by Gasteiger charge is 2.27. The van der Waals surface area contributed by atoms with Gasteiger partial charge >= 0.3 is 0 Å². The van der Waals surface area contributed by atoms with Crippen LogP contribution in [0.2, 0.25) is 0 Å². The van der Waals surface area contributed by atoms with E-state index >= 15 is 0 Å². The number of nitriles is 1. The van der Waals surface area contributed by atoms with Crippen LogP contribution in [0.1, 0.15) is 12.0 Å². The molecule has 1 aliphatic rings. The fourth-order valence-corrected chi connectivity index (χ4v) is 2.09. The van der Waals surface area contributed by atoms with Gasteiger partial charge in [-0.2, -0.15) is 5.26 Å². The Bertz CT molecular complexity index is 625. The summed E-state index contributed by atoms with van der Waals surface area (Å²) in [5, 5.41) is 8.93. The predicted molar refractivity (Wildman–Crippen MR) is 73.9 cm³/mol. The first-order valence-corrected chi connectivity index (χ1v) is 6.07. The number of nitrogens with zero attached hydrogens (tertiary/aromatic N) is 1. The number of benzene rings is 1. The minimum atomic E-state index is -0.630. The molecule has 0 aromatic heterocycles. The molecule has 0 saturated heterocycles. The van der Waals surface area contributed by atoms with E-state index in [9.17, 15) is 4.79 Å². The van der Waals surface area contributed by atoms with E-state index in [0.29, 0.717) is 6.42 Å². The largest absolute Gasteiger partial charge is 0.289 e. The topological polar surface area (TPSA) is 40.9 Å². The van der Waals surface area contributed by atoms with Crippen LogP contribution in [0.5, 0.6) is 0 Å². The van der Waals surface area contributed by atoms with Crippen LogP contribution in [0.4, 0.5) is 0 Å². The number of carbonyl (C=O) groups is 1. The van der Waals surface area contributed by atoms with E-state index in [1.807, 2.05) is 36.4 Å². The lowest BCUT2D eigenvalue weighted by molar-refractivity contribution is -0.111. The number of carbonyl (C=O) groups excluding carboxylic acids is 1. The SMILES string of the molecule is C#CC1(CCc2ccccc2)C=CC(=O)C(C#N)=C1. The third kappa shape index (κ3) is 2.81. The summed E-state index contributed by atoms with van der Waals surface area (Å²) in [5.74, 6) is 2.44. The smallest absolute Gasteiger partial charge is 0.195 e. The maximum atomic E-state index is 11.5. The van der Waals surface area contributed by atoms with E-state index in [0.717, 1.165) is 6.42 Å². The van der Waals surface area contributed by atoms with Gasteiger partial charge in [0.05, 0.1) is 11.0 Å². The van der Waals surface area contributed by atoms with Gasteiger partial charge in [0.15, 0.2) is 5.78 Å². The molecule has 1 unspecified atom stereocenters. The van der Waals surface area contributed by atoms with Crippen molar-refractivity contribution in [1.29, 1.82) is 5.26 Å². The van der Waals surface area contributed by atoms with Gasteiger partial charge in [-0.05, 0) is 30.6 Å². The first kappa shape index (κ1) is 12.9. The molecule has 0 N–H and O–H groups in total. The molecule has 0 radical (unpaired) electrons. The minimum absolute atomic E-state index is 0.133. The average molecular weight is 247 g/mol. The van der Waals surface area contributed by atoms with E-state index in [2.05, 4.69) is 5.92 Å². The normalized spacial score (nSPS) is 21.4. The lowest BCUT2D eigenvalue weighted by atomic mass is 9.77. The first-order valence-electron chi connectivity index (χ1n) is 6.07. The third-order valence-electron chi connectivity index (χ3n) is 3.26. The lowest BCUT2D eigenvalue weighted by Crippen LogP contribution is -2.20. The van der Waals surface area contributed by atoms with Crippen LogP contribution < -0.4 is 0 Å². The highest BCUT2D eigenvalue weighted by molar-refractivity contribution is 6.08. The van der Waals surface area contributed by atoms with Gasteiger partial charge < -0.3 is 0 Å². The number of allylic oxidation sites excluding steroid dienone is 4. The molecule has 1 aromatic rings. The number of hydrogen-bond donors (Lipinski definition) is 0. The van der Waals surface area contributed by atoms with Crippen LogP contribution in [0.15, 0.2) is 54.1 Å². The second-order valence-corrected chi connectivity index (χ2v) is 4.54. The summed E-state index contributed by atoms with van der Waals surface area (Å²) < 4.78 is 0. The van der Waals surface area contributed by atoms with Gasteiger partial charge in [0.2, 0.25) is 0 Å². The molecule has 0 aliphatic heterocycles. The van der Waals surface area contributed by atoms with Crippen molar-refractivity contribution in [2.24, 2.45) is 5.41 Å². The quantitative estimate of drug-likeness (QED) is 0.771. The summed E-state index contributed by atoms with van der Waals surface area (Å²) in [7, 11) is 0. The zero-order valence-electron chi connectivity index (χ0n) is 10.5. The van der Waals surface area contributed by atoms with E-state index < -0.39 is 5.41 Å². The van der Waals surface area contributed by atoms with Crippen molar-refractivity contribution in [2.45, 2.75) is 12.8 Å². The Kier molecular flexibility index (Phi) is 3.64. The van der Waals surface area contributed by atoms with Gasteiger partial charge in [-0.15, -0.1) is 6.42 Å². The molecule has 2 nitrogen and oxygen atoms in total. The van der Waals surface area contributed by atoms with E-state index in [1.165, 1.54) is 11.6 Å². The van der Waals surface area contributed by atoms with Gasteiger partial charge in [-0.3, -0.25) is 4.79 Å². The van der Waals surface area contributed by atoms with Crippen LogP contribution in [-0.2, 0) is 11.2 Å². The fraction of sp³-hybridized carbons (Fsp3) is 0.176. The second-order valence-electron chi connectivity index (χ2n) is 4.54. The van der Waals surface area contributed by atoms with Crippen molar-refractivity contribution >= 4 is 5.78 Å². The number of rotatable bonds is 3. The van der Waals surface area contributed by atoms with Crippen molar-refractivity contribution in [2.75, 3.05) is 0 Å². The molecule has 0 heterocycles. The van der Waals surface area contributed by atoms with Gasteiger partial charge in [-0.25, -0.2) is 0 Å². The Labute approximate surface area is 113 Å². The maximum absolute atomic E-state index is 11.5. The van der Waals surface area contributed by atoms with Crippen LogP contribution >= 0.6 is 0 Å². The van der Waals surface area contributed by atoms with Crippen molar-refractivity contribution in [3.05, 3.63) is 59.7 Å². The molecular formula is C17H13NO. The van der Waals surface area contributed by atoms with E-state index in [1.54, 1.807) is 12.2 Å². The first-order chi connectivity index (χ1) is 9.19. The molecular weight excluding hydrogens is 234 g/mol. The maximum Gasteiger partial charge on any atom is 0.195 e. The zero-order valence-corrected chi connectivity index (χ0v) is 10.5. The second kappa shape index (κ2) is 5.38. The number of aryl methyl sites for hydroxylation is 1. The van der Waals surface area contributed by atoms with E-state index in [4.69, 9.17) is 11.7 Å². The molecule has 2 rings (SSSR count). The van der Waals surface area contributed by atoms with Crippen molar-refractivity contribution in [3.8, 4) is 18.4 Å². The molecule has 0 amide bonds. The van der Waals surface area contributed by atoms with Crippen molar-refractivity contribution < 1.29 is 4.79 Å². The summed E-state index contributed by atoms with van der Waals surface area (Å²) in [5.41, 5.74) is 0.692. The van der Waals surface area contributed by atoms with Crippen LogP contribution in [-0.4, -0.2) is 5.78 Å². The van der Waals surface area contributed by atoms with Crippen LogP contribution in [0, 0.1) is 29.1 Å². The number of ketones is 1. The molecule has 92 valence electrons. The van der Waals surface area contributed by atoms with Gasteiger partial charge in [-0.1, -0.05) is 42.3 Å². The lowest BCUT2D eigenvalue weighted by Gasteiger charge is -2.23. The monoisotopic (exact) mass is 247 g/mol. The van der Waals surface area contributed by atoms with Gasteiger partial charge in [0.25, 0.3) is 0 Å². The van der Waals surface area contributed by atoms with Crippen LogP contribution in [0.3, 0.4) is 0 Å². The van der Waals surface area contributed by atoms with Gasteiger partial charge in [0.1, 0.15) is 6.07 Å². The van der Waals surface area contributed by atoms with E-state index in [-0.39, 0.29) is 11.4 Å². The molecule has 19 heavy (non-hydrogen) atoms. The Morgan fingerprint density at radius 2 is 2.00 bits per heavy atom. The summed E-state index contributed by atoms with van der Waals surface area (Å²) in [6.45, 7) is 0. The Morgan fingerprint density at radius 1 is 1.26 bits per heavy atom. The highest BCUT2D eigenvalue weighted by atomic mass is 16.1. The summed E-state index contributed by atoms with van der Waals surface area (Å²) in [6.07, 6.45) is 11.8. The summed E-state index contributed by atoms with van der Waals surface area (Å²) in [6, 6.07) is 11.9. The predicted octanol–water partition coefficient (Wildman–Crippen LogP) is 2.83. The van der Waals surface area contributed by atoms with Crippen molar-refractivity contribution in [3.63, 3.8) is 0 Å².